The molecule has 0 saturated heterocycles. The molecule has 0 N–H and O–H groups in total. The molecule has 2 nitrogen and oxygen atoms in total. The van der Waals surface area contributed by atoms with Crippen molar-refractivity contribution in [1.29, 1.82) is 0 Å². The lowest BCUT2D eigenvalue weighted by Crippen LogP contribution is -2.24. The molecule has 124 valence electrons. The van der Waals surface area contributed by atoms with E-state index in [2.05, 4.69) is 30.5 Å². The first-order valence-corrected chi connectivity index (χ1v) is 8.76. The number of ether oxygens (including phenoxy) is 1. The van der Waals surface area contributed by atoms with Gasteiger partial charge < -0.3 is 4.74 Å². The number of benzene rings is 1. The van der Waals surface area contributed by atoms with Crippen LogP contribution in [-0.2, 0) is 6.54 Å². The number of hydrogen-bond donors (Lipinski definition) is 0. The van der Waals surface area contributed by atoms with Gasteiger partial charge in [-0.2, -0.15) is 0 Å². The predicted molar refractivity (Wildman–Crippen MR) is 96.5 cm³/mol. The van der Waals surface area contributed by atoms with Crippen molar-refractivity contribution in [2.24, 2.45) is 0 Å². The summed E-state index contributed by atoms with van der Waals surface area (Å²) in [5, 5.41) is 0. The Bertz CT molecular complexity index is 385. The molecule has 0 atom stereocenters. The molecule has 0 radical (unpaired) electrons. The molecule has 22 heavy (non-hydrogen) atoms. The van der Waals surface area contributed by atoms with E-state index in [4.69, 9.17) is 4.74 Å². The zero-order valence-electron chi connectivity index (χ0n) is 14.5. The lowest BCUT2D eigenvalue weighted by Gasteiger charge is -2.21. The summed E-state index contributed by atoms with van der Waals surface area (Å²) in [6.45, 7) is 9.27. The molecule has 0 spiro atoms. The van der Waals surface area contributed by atoms with Crippen LogP contribution in [0, 0.1) is 0 Å². The Kier molecular flexibility index (Phi) is 10.5. The van der Waals surface area contributed by atoms with E-state index in [1.807, 2.05) is 18.2 Å². The SMILES string of the molecule is C=CCN(CCCCCCCCC)Cc1ccc(OC)cc1. The quantitative estimate of drug-likeness (QED) is 0.356. The first kappa shape index (κ1) is 18.8. The summed E-state index contributed by atoms with van der Waals surface area (Å²) in [6, 6.07) is 8.38. The van der Waals surface area contributed by atoms with Gasteiger partial charge in [-0.1, -0.05) is 63.7 Å². The van der Waals surface area contributed by atoms with Crippen LogP contribution in [0.15, 0.2) is 36.9 Å². The summed E-state index contributed by atoms with van der Waals surface area (Å²) >= 11 is 0. The minimum Gasteiger partial charge on any atom is -0.497 e. The van der Waals surface area contributed by atoms with Crippen molar-refractivity contribution in [2.45, 2.75) is 58.4 Å². The van der Waals surface area contributed by atoms with E-state index >= 15 is 0 Å². The Balaban J connectivity index is 2.27. The molecule has 1 rings (SSSR count). The first-order valence-electron chi connectivity index (χ1n) is 8.76. The molecule has 1 aromatic rings. The van der Waals surface area contributed by atoms with Crippen LogP contribution in [-0.4, -0.2) is 25.1 Å². The molecule has 0 saturated carbocycles. The maximum Gasteiger partial charge on any atom is 0.118 e. The lowest BCUT2D eigenvalue weighted by atomic mass is 10.1. The molecule has 0 unspecified atom stereocenters. The second-order valence-corrected chi connectivity index (χ2v) is 5.99. The zero-order valence-corrected chi connectivity index (χ0v) is 14.5. The summed E-state index contributed by atoms with van der Waals surface area (Å²) in [7, 11) is 1.71. The van der Waals surface area contributed by atoms with Gasteiger partial charge in [-0.25, -0.2) is 0 Å². The van der Waals surface area contributed by atoms with E-state index in [1.165, 1.54) is 50.5 Å². The van der Waals surface area contributed by atoms with Gasteiger partial charge in [0.05, 0.1) is 7.11 Å². The molecule has 0 fully saturated rings. The summed E-state index contributed by atoms with van der Waals surface area (Å²) in [6.07, 6.45) is 11.5. The van der Waals surface area contributed by atoms with E-state index in [1.54, 1.807) is 7.11 Å². The molecule has 0 amide bonds. The van der Waals surface area contributed by atoms with Crippen LogP contribution in [0.4, 0.5) is 0 Å². The summed E-state index contributed by atoms with van der Waals surface area (Å²) in [5.74, 6) is 0.922. The van der Waals surface area contributed by atoms with Crippen LogP contribution < -0.4 is 4.74 Å². The average Bonchev–Trinajstić information content (AvgIpc) is 2.55. The normalized spacial score (nSPS) is 10.9. The van der Waals surface area contributed by atoms with Crippen molar-refractivity contribution in [3.8, 4) is 5.75 Å². The largest absolute Gasteiger partial charge is 0.497 e. The third-order valence-electron chi connectivity index (χ3n) is 4.03. The zero-order chi connectivity index (χ0) is 16.0. The monoisotopic (exact) mass is 303 g/mol. The highest BCUT2D eigenvalue weighted by Gasteiger charge is 2.04. The van der Waals surface area contributed by atoms with E-state index in [0.29, 0.717) is 0 Å². The topological polar surface area (TPSA) is 12.5 Å². The number of nitrogens with zero attached hydrogens (tertiary/aromatic N) is 1. The van der Waals surface area contributed by atoms with Gasteiger partial charge in [0.15, 0.2) is 0 Å². The molecule has 0 bridgehead atoms. The van der Waals surface area contributed by atoms with Gasteiger partial charge in [0, 0.05) is 13.1 Å². The van der Waals surface area contributed by atoms with Gasteiger partial charge in [-0.15, -0.1) is 6.58 Å². The van der Waals surface area contributed by atoms with Crippen LogP contribution in [0.25, 0.3) is 0 Å². The van der Waals surface area contributed by atoms with Crippen molar-refractivity contribution in [3.05, 3.63) is 42.5 Å². The predicted octanol–water partition coefficient (Wildman–Crippen LogP) is 5.43. The smallest absolute Gasteiger partial charge is 0.118 e. The highest BCUT2D eigenvalue weighted by molar-refractivity contribution is 5.27. The minimum absolute atomic E-state index is 0.922. The maximum absolute atomic E-state index is 5.21. The first-order chi connectivity index (χ1) is 10.8. The van der Waals surface area contributed by atoms with Crippen molar-refractivity contribution in [1.82, 2.24) is 4.90 Å². The molecule has 2 heteroatoms. The van der Waals surface area contributed by atoms with Crippen molar-refractivity contribution >= 4 is 0 Å². The molecule has 0 aliphatic carbocycles. The number of hydrogen-bond acceptors (Lipinski definition) is 2. The van der Waals surface area contributed by atoms with Gasteiger partial charge >= 0.3 is 0 Å². The molecule has 1 aromatic carbocycles. The molecule has 0 aromatic heterocycles. The molecule has 0 aliphatic rings. The standard InChI is InChI=1S/C20H33NO/c1-4-6-7-8-9-10-11-17-21(16-5-2)18-19-12-14-20(22-3)15-13-19/h5,12-15H,2,4,6-11,16-18H2,1,3H3. The van der Waals surface area contributed by atoms with E-state index in [-0.39, 0.29) is 0 Å². The molecular formula is C20H33NO. The Hall–Kier alpha value is -1.28. The fraction of sp³-hybridized carbons (Fsp3) is 0.600. The number of methoxy groups -OCH3 is 1. The fourth-order valence-electron chi connectivity index (χ4n) is 2.70. The van der Waals surface area contributed by atoms with Gasteiger partial charge in [0.1, 0.15) is 5.75 Å². The van der Waals surface area contributed by atoms with Crippen LogP contribution in [0.5, 0.6) is 5.75 Å². The Morgan fingerprint density at radius 3 is 2.23 bits per heavy atom. The van der Waals surface area contributed by atoms with E-state index in [0.717, 1.165) is 25.4 Å². The van der Waals surface area contributed by atoms with Crippen molar-refractivity contribution in [2.75, 3.05) is 20.2 Å². The van der Waals surface area contributed by atoms with Crippen LogP contribution in [0.3, 0.4) is 0 Å². The minimum atomic E-state index is 0.922. The van der Waals surface area contributed by atoms with Crippen LogP contribution in [0.2, 0.25) is 0 Å². The van der Waals surface area contributed by atoms with Crippen LogP contribution in [0.1, 0.15) is 57.4 Å². The third-order valence-corrected chi connectivity index (χ3v) is 4.03. The Morgan fingerprint density at radius 1 is 1.00 bits per heavy atom. The second-order valence-electron chi connectivity index (χ2n) is 5.99. The Morgan fingerprint density at radius 2 is 1.64 bits per heavy atom. The second kappa shape index (κ2) is 12.3. The third kappa shape index (κ3) is 8.23. The number of rotatable bonds is 13. The van der Waals surface area contributed by atoms with Gasteiger partial charge in [0.2, 0.25) is 0 Å². The lowest BCUT2D eigenvalue weighted by molar-refractivity contribution is 0.286. The Labute approximate surface area is 137 Å². The van der Waals surface area contributed by atoms with Crippen LogP contribution >= 0.6 is 0 Å². The summed E-state index contributed by atoms with van der Waals surface area (Å²) in [4.78, 5) is 2.47. The van der Waals surface area contributed by atoms with Gasteiger partial charge in [-0.3, -0.25) is 4.90 Å². The average molecular weight is 303 g/mol. The summed E-state index contributed by atoms with van der Waals surface area (Å²) in [5.41, 5.74) is 1.34. The van der Waals surface area contributed by atoms with Gasteiger partial charge in [-0.05, 0) is 30.7 Å². The molecular weight excluding hydrogens is 270 g/mol. The molecule has 0 heterocycles. The highest BCUT2D eigenvalue weighted by Crippen LogP contribution is 2.14. The fourth-order valence-corrected chi connectivity index (χ4v) is 2.70. The number of unbranched alkanes of at least 4 members (excludes halogenated alkanes) is 6. The molecule has 0 aliphatic heterocycles. The van der Waals surface area contributed by atoms with E-state index < -0.39 is 0 Å². The highest BCUT2D eigenvalue weighted by atomic mass is 16.5. The maximum atomic E-state index is 5.21. The summed E-state index contributed by atoms with van der Waals surface area (Å²) < 4.78 is 5.21. The van der Waals surface area contributed by atoms with Gasteiger partial charge in [0.25, 0.3) is 0 Å². The van der Waals surface area contributed by atoms with Crippen molar-refractivity contribution < 1.29 is 4.74 Å². The van der Waals surface area contributed by atoms with Crippen molar-refractivity contribution in [3.63, 3.8) is 0 Å². The van der Waals surface area contributed by atoms with E-state index in [9.17, 15) is 0 Å².